The molecule has 0 unspecified atom stereocenters. The van der Waals surface area contributed by atoms with E-state index in [0.717, 1.165) is 20.2 Å². The Bertz CT molecular complexity index is 513. The van der Waals surface area contributed by atoms with E-state index in [9.17, 15) is 0 Å². The summed E-state index contributed by atoms with van der Waals surface area (Å²) in [4.78, 5) is 4.45. The quantitative estimate of drug-likeness (QED) is 0.655. The van der Waals surface area contributed by atoms with Crippen molar-refractivity contribution in [1.82, 2.24) is 10.3 Å². The second-order valence-corrected chi connectivity index (χ2v) is 4.58. The van der Waals surface area contributed by atoms with E-state index in [1.165, 1.54) is 0 Å². The molecule has 0 spiro atoms. The smallest absolute Gasteiger partial charge is 0.108 e. The Morgan fingerprint density at radius 1 is 1.53 bits per heavy atom. The summed E-state index contributed by atoms with van der Waals surface area (Å²) in [5, 5.41) is 4.85. The predicted molar refractivity (Wildman–Crippen MR) is 65.2 cm³/mol. The van der Waals surface area contributed by atoms with Crippen LogP contribution in [0, 0.1) is 12.3 Å². The van der Waals surface area contributed by atoms with Crippen LogP contribution >= 0.6 is 22.9 Å². The van der Waals surface area contributed by atoms with Crippen LogP contribution in [0.1, 0.15) is 5.01 Å². The maximum absolute atomic E-state index is 5.88. The van der Waals surface area contributed by atoms with Gasteiger partial charge >= 0.3 is 0 Å². The van der Waals surface area contributed by atoms with E-state index in [2.05, 4.69) is 16.2 Å². The standard InChI is InChI=1S/C11H9ClN2S/c1-2-5-13-7-11-14-9-6-8(12)3-4-10(9)15-11/h1,3-4,6,13H,5,7H2. The summed E-state index contributed by atoms with van der Waals surface area (Å²) in [5.41, 5.74) is 0.949. The van der Waals surface area contributed by atoms with Gasteiger partial charge in [0.25, 0.3) is 0 Å². The minimum atomic E-state index is 0.566. The van der Waals surface area contributed by atoms with Crippen LogP contribution in [0.25, 0.3) is 10.2 Å². The van der Waals surface area contributed by atoms with Gasteiger partial charge < -0.3 is 0 Å². The Labute approximate surface area is 97.3 Å². The van der Waals surface area contributed by atoms with E-state index in [1.54, 1.807) is 11.3 Å². The number of halogens is 1. The Morgan fingerprint density at radius 2 is 2.40 bits per heavy atom. The average Bonchev–Trinajstić information content (AvgIpc) is 2.60. The summed E-state index contributed by atoms with van der Waals surface area (Å²) >= 11 is 7.53. The number of terminal acetylenes is 1. The number of thiazole rings is 1. The zero-order chi connectivity index (χ0) is 10.7. The Kier molecular flexibility index (Phi) is 3.22. The number of rotatable bonds is 3. The molecule has 2 nitrogen and oxygen atoms in total. The van der Waals surface area contributed by atoms with Gasteiger partial charge in [0.1, 0.15) is 5.01 Å². The zero-order valence-corrected chi connectivity index (χ0v) is 9.53. The molecule has 0 radical (unpaired) electrons. The minimum absolute atomic E-state index is 0.566. The average molecular weight is 237 g/mol. The maximum atomic E-state index is 5.88. The fraction of sp³-hybridized carbons (Fsp3) is 0.182. The summed E-state index contributed by atoms with van der Waals surface area (Å²) in [6.45, 7) is 1.28. The number of benzene rings is 1. The van der Waals surface area contributed by atoms with Crippen molar-refractivity contribution in [3.8, 4) is 12.3 Å². The van der Waals surface area contributed by atoms with Crippen LogP contribution in [0.15, 0.2) is 18.2 Å². The second-order valence-electron chi connectivity index (χ2n) is 3.03. The summed E-state index contributed by atoms with van der Waals surface area (Å²) < 4.78 is 1.15. The van der Waals surface area contributed by atoms with Crippen molar-refractivity contribution in [2.45, 2.75) is 6.54 Å². The number of hydrogen-bond donors (Lipinski definition) is 1. The van der Waals surface area contributed by atoms with Gasteiger partial charge in [-0.1, -0.05) is 17.5 Å². The van der Waals surface area contributed by atoms with Crippen LogP contribution in [0.4, 0.5) is 0 Å². The molecule has 0 aliphatic rings. The van der Waals surface area contributed by atoms with Crippen molar-refractivity contribution in [2.24, 2.45) is 0 Å². The number of nitrogens with zero attached hydrogens (tertiary/aromatic N) is 1. The fourth-order valence-corrected chi connectivity index (χ4v) is 2.35. The van der Waals surface area contributed by atoms with Gasteiger partial charge in [0.05, 0.1) is 16.8 Å². The SMILES string of the molecule is C#CCNCc1nc2cc(Cl)ccc2s1. The van der Waals surface area contributed by atoms with E-state index in [-0.39, 0.29) is 0 Å². The van der Waals surface area contributed by atoms with Crippen LogP contribution in [0.5, 0.6) is 0 Å². The molecule has 15 heavy (non-hydrogen) atoms. The first-order valence-corrected chi connectivity index (χ1v) is 5.68. The van der Waals surface area contributed by atoms with Crippen molar-refractivity contribution < 1.29 is 0 Å². The molecule has 2 aromatic rings. The van der Waals surface area contributed by atoms with E-state index in [0.29, 0.717) is 13.1 Å². The van der Waals surface area contributed by atoms with Crippen molar-refractivity contribution >= 4 is 33.2 Å². The van der Waals surface area contributed by atoms with Crippen LogP contribution in [0.2, 0.25) is 5.02 Å². The van der Waals surface area contributed by atoms with Crippen LogP contribution in [-0.4, -0.2) is 11.5 Å². The maximum Gasteiger partial charge on any atom is 0.108 e. The fourth-order valence-electron chi connectivity index (χ4n) is 1.27. The minimum Gasteiger partial charge on any atom is -0.300 e. The molecular weight excluding hydrogens is 228 g/mol. The Hall–Kier alpha value is -1.08. The molecular formula is C11H9ClN2S. The molecule has 1 heterocycles. The molecule has 0 aliphatic heterocycles. The Balaban J connectivity index is 2.20. The van der Waals surface area contributed by atoms with Gasteiger partial charge in [0, 0.05) is 11.6 Å². The van der Waals surface area contributed by atoms with Crippen molar-refractivity contribution in [3.63, 3.8) is 0 Å². The zero-order valence-electron chi connectivity index (χ0n) is 7.96. The van der Waals surface area contributed by atoms with Gasteiger partial charge in [-0.25, -0.2) is 4.98 Å². The van der Waals surface area contributed by atoms with Crippen LogP contribution in [0.3, 0.4) is 0 Å². The molecule has 0 amide bonds. The second kappa shape index (κ2) is 4.63. The highest BCUT2D eigenvalue weighted by Crippen LogP contribution is 2.24. The van der Waals surface area contributed by atoms with E-state index in [4.69, 9.17) is 18.0 Å². The lowest BCUT2D eigenvalue weighted by atomic mass is 10.3. The highest BCUT2D eigenvalue weighted by atomic mass is 35.5. The van der Waals surface area contributed by atoms with Gasteiger partial charge in [0.15, 0.2) is 0 Å². The molecule has 0 saturated carbocycles. The van der Waals surface area contributed by atoms with Crippen LogP contribution < -0.4 is 5.32 Å². The van der Waals surface area contributed by atoms with E-state index < -0.39 is 0 Å². The molecule has 1 aromatic carbocycles. The summed E-state index contributed by atoms with van der Waals surface area (Å²) in [7, 11) is 0. The predicted octanol–water partition coefficient (Wildman–Crippen LogP) is 2.67. The van der Waals surface area contributed by atoms with Crippen molar-refractivity contribution in [2.75, 3.05) is 6.54 Å². The highest BCUT2D eigenvalue weighted by Gasteiger charge is 2.03. The van der Waals surface area contributed by atoms with Gasteiger partial charge in [-0.3, -0.25) is 5.32 Å². The third-order valence-corrected chi connectivity index (χ3v) is 3.17. The molecule has 76 valence electrons. The lowest BCUT2D eigenvalue weighted by molar-refractivity contribution is 0.766. The van der Waals surface area contributed by atoms with E-state index >= 15 is 0 Å². The molecule has 0 atom stereocenters. The third kappa shape index (κ3) is 2.48. The molecule has 0 fully saturated rings. The van der Waals surface area contributed by atoms with Crippen LogP contribution in [-0.2, 0) is 6.54 Å². The first-order chi connectivity index (χ1) is 7.29. The number of fused-ring (bicyclic) bond motifs is 1. The lowest BCUT2D eigenvalue weighted by Crippen LogP contribution is -2.12. The van der Waals surface area contributed by atoms with Gasteiger partial charge in [-0.15, -0.1) is 17.8 Å². The molecule has 0 bridgehead atoms. The number of aromatic nitrogens is 1. The number of nitrogens with one attached hydrogen (secondary N) is 1. The molecule has 1 aromatic heterocycles. The van der Waals surface area contributed by atoms with Gasteiger partial charge in [-0.2, -0.15) is 0 Å². The third-order valence-electron chi connectivity index (χ3n) is 1.90. The number of hydrogen-bond acceptors (Lipinski definition) is 3. The molecule has 0 aliphatic carbocycles. The topological polar surface area (TPSA) is 24.9 Å². The first-order valence-electron chi connectivity index (χ1n) is 4.49. The lowest BCUT2D eigenvalue weighted by Gasteiger charge is -1.93. The summed E-state index contributed by atoms with van der Waals surface area (Å²) in [6, 6.07) is 5.73. The molecule has 1 N–H and O–H groups in total. The molecule has 2 rings (SSSR count). The van der Waals surface area contributed by atoms with Crippen molar-refractivity contribution in [3.05, 3.63) is 28.2 Å². The normalized spacial score (nSPS) is 10.4. The molecule has 0 saturated heterocycles. The molecule has 4 heteroatoms. The van der Waals surface area contributed by atoms with Crippen molar-refractivity contribution in [1.29, 1.82) is 0 Å². The van der Waals surface area contributed by atoms with Gasteiger partial charge in [-0.05, 0) is 18.2 Å². The summed E-state index contributed by atoms with van der Waals surface area (Å²) in [6.07, 6.45) is 5.14. The monoisotopic (exact) mass is 236 g/mol. The van der Waals surface area contributed by atoms with Gasteiger partial charge in [0.2, 0.25) is 0 Å². The highest BCUT2D eigenvalue weighted by molar-refractivity contribution is 7.18. The summed E-state index contributed by atoms with van der Waals surface area (Å²) in [5.74, 6) is 2.53. The largest absolute Gasteiger partial charge is 0.300 e. The van der Waals surface area contributed by atoms with E-state index in [1.807, 2.05) is 18.2 Å². The first kappa shape index (κ1) is 10.4. The Morgan fingerprint density at radius 3 is 3.20 bits per heavy atom.